The van der Waals surface area contributed by atoms with Crippen LogP contribution in [-0.4, -0.2) is 26.8 Å². The number of thioether (sulfide) groups is 1. The molecule has 0 aromatic carbocycles. The van der Waals surface area contributed by atoms with Gasteiger partial charge < -0.3 is 5.32 Å². The van der Waals surface area contributed by atoms with Gasteiger partial charge in [0.15, 0.2) is 5.16 Å². The highest BCUT2D eigenvalue weighted by Gasteiger charge is 2.27. The van der Waals surface area contributed by atoms with Crippen molar-refractivity contribution in [3.05, 3.63) is 20.8 Å². The van der Waals surface area contributed by atoms with E-state index >= 15 is 0 Å². The van der Waals surface area contributed by atoms with Gasteiger partial charge in [-0.25, -0.2) is 4.98 Å². The second-order valence-corrected chi connectivity index (χ2v) is 11.0. The van der Waals surface area contributed by atoms with Gasteiger partial charge in [0.05, 0.1) is 11.1 Å². The molecule has 0 unspecified atom stereocenters. The number of carbonyl (C=O) groups is 1. The third kappa shape index (κ3) is 5.35. The quantitative estimate of drug-likeness (QED) is 0.563. The number of aryl methyl sites for hydroxylation is 2. The van der Waals surface area contributed by atoms with Crippen LogP contribution in [0.2, 0.25) is 0 Å². The maximum Gasteiger partial charge on any atom is 0.263 e. The molecule has 1 amide bonds. The highest BCUT2D eigenvalue weighted by Crippen LogP contribution is 2.29. The Morgan fingerprint density at radius 3 is 2.41 bits per heavy atom. The second kappa shape index (κ2) is 7.95. The van der Waals surface area contributed by atoms with E-state index < -0.39 is 0 Å². The Hall–Kier alpha value is -1.34. The normalized spacial score (nSPS) is 12.6. The number of fused-ring (bicyclic) bond motifs is 1. The lowest BCUT2D eigenvalue weighted by atomic mass is 9.82. The summed E-state index contributed by atoms with van der Waals surface area (Å²) in [7, 11) is 0. The number of amides is 1. The van der Waals surface area contributed by atoms with E-state index in [1.165, 1.54) is 23.1 Å². The fraction of sp³-hybridized carbons (Fsp3) is 0.650. The molecule has 0 aliphatic rings. The number of carbonyl (C=O) groups excluding carboxylic acids is 1. The molecule has 7 heteroatoms. The Bertz CT molecular complexity index is 905. The first kappa shape index (κ1) is 22.0. The molecule has 0 bridgehead atoms. The number of nitrogens with one attached hydrogen (secondary N) is 1. The number of hydrogen-bond donors (Lipinski definition) is 1. The lowest BCUT2D eigenvalue weighted by Gasteiger charge is -2.33. The van der Waals surface area contributed by atoms with Crippen LogP contribution < -0.4 is 10.9 Å². The van der Waals surface area contributed by atoms with E-state index in [0.717, 1.165) is 21.7 Å². The van der Waals surface area contributed by atoms with E-state index in [4.69, 9.17) is 0 Å². The summed E-state index contributed by atoms with van der Waals surface area (Å²) in [5.41, 5.74) is 0.849. The van der Waals surface area contributed by atoms with Crippen LogP contribution in [0.25, 0.3) is 10.2 Å². The fourth-order valence-electron chi connectivity index (χ4n) is 3.61. The molecular weight excluding hydrogens is 378 g/mol. The predicted molar refractivity (Wildman–Crippen MR) is 116 cm³/mol. The van der Waals surface area contributed by atoms with Crippen molar-refractivity contribution in [3.63, 3.8) is 0 Å². The van der Waals surface area contributed by atoms with Gasteiger partial charge in [0.1, 0.15) is 4.83 Å². The largest absolute Gasteiger partial charge is 0.350 e. The smallest absolute Gasteiger partial charge is 0.263 e. The second-order valence-electron chi connectivity index (χ2n) is 8.87. The van der Waals surface area contributed by atoms with E-state index in [-0.39, 0.29) is 28.2 Å². The van der Waals surface area contributed by atoms with Crippen LogP contribution in [0.15, 0.2) is 9.95 Å². The van der Waals surface area contributed by atoms with Crippen molar-refractivity contribution in [2.45, 2.75) is 79.1 Å². The van der Waals surface area contributed by atoms with E-state index in [0.29, 0.717) is 17.1 Å². The summed E-state index contributed by atoms with van der Waals surface area (Å²) >= 11 is 2.87. The molecule has 0 aliphatic heterocycles. The standard InChI is InChI=1S/C20H31N3O2S2/c1-9-23-17(25)15-12(2)13(3)27-16(15)21-18(23)26-10-14(24)22-20(7,8)11-19(4,5)6/h9-11H2,1-8H3,(H,22,24). The zero-order valence-electron chi connectivity index (χ0n) is 17.6. The number of rotatable bonds is 6. The van der Waals surface area contributed by atoms with Crippen molar-refractivity contribution in [2.24, 2.45) is 5.41 Å². The minimum absolute atomic E-state index is 0.0136. The predicted octanol–water partition coefficient (Wildman–Crippen LogP) is 4.52. The molecule has 0 radical (unpaired) electrons. The zero-order chi connectivity index (χ0) is 20.6. The highest BCUT2D eigenvalue weighted by atomic mass is 32.2. The third-order valence-corrected chi connectivity index (χ3v) is 6.43. The van der Waals surface area contributed by atoms with Crippen molar-refractivity contribution in [1.82, 2.24) is 14.9 Å². The lowest BCUT2D eigenvalue weighted by molar-refractivity contribution is -0.120. The van der Waals surface area contributed by atoms with Gasteiger partial charge in [-0.05, 0) is 52.0 Å². The summed E-state index contributed by atoms with van der Waals surface area (Å²) in [6, 6.07) is 0. The molecule has 2 aromatic heterocycles. The van der Waals surface area contributed by atoms with Gasteiger partial charge in [0.2, 0.25) is 5.91 Å². The number of thiophene rings is 1. The molecule has 0 saturated carbocycles. The summed E-state index contributed by atoms with van der Waals surface area (Å²) in [5, 5.41) is 4.43. The number of hydrogen-bond acceptors (Lipinski definition) is 5. The molecule has 150 valence electrons. The lowest BCUT2D eigenvalue weighted by Crippen LogP contribution is -2.46. The van der Waals surface area contributed by atoms with Gasteiger partial charge in [0, 0.05) is 17.0 Å². The molecule has 0 fully saturated rings. The minimum Gasteiger partial charge on any atom is -0.350 e. The third-order valence-electron chi connectivity index (χ3n) is 4.35. The molecule has 1 N–H and O–H groups in total. The molecule has 2 aromatic rings. The van der Waals surface area contributed by atoms with Crippen LogP contribution in [0.3, 0.4) is 0 Å². The van der Waals surface area contributed by atoms with Crippen molar-refractivity contribution in [2.75, 3.05) is 5.75 Å². The number of aromatic nitrogens is 2. The SMILES string of the molecule is CCn1c(SCC(=O)NC(C)(C)CC(C)(C)C)nc2sc(C)c(C)c2c1=O. The van der Waals surface area contributed by atoms with Crippen LogP contribution in [0.5, 0.6) is 0 Å². The number of nitrogens with zero attached hydrogens (tertiary/aromatic N) is 2. The minimum atomic E-state index is -0.278. The monoisotopic (exact) mass is 409 g/mol. The maximum absolute atomic E-state index is 12.9. The Balaban J connectivity index is 2.19. The van der Waals surface area contributed by atoms with E-state index in [1.807, 2.05) is 34.6 Å². The Morgan fingerprint density at radius 2 is 1.85 bits per heavy atom. The van der Waals surface area contributed by atoms with Gasteiger partial charge >= 0.3 is 0 Å². The van der Waals surface area contributed by atoms with Crippen molar-refractivity contribution >= 4 is 39.2 Å². The molecule has 0 spiro atoms. The molecule has 0 atom stereocenters. The van der Waals surface area contributed by atoms with Crippen molar-refractivity contribution in [3.8, 4) is 0 Å². The average molecular weight is 410 g/mol. The van der Waals surface area contributed by atoms with Gasteiger partial charge in [-0.3, -0.25) is 14.2 Å². The first-order chi connectivity index (χ1) is 12.3. The molecule has 2 heterocycles. The summed E-state index contributed by atoms with van der Waals surface area (Å²) in [6.45, 7) is 17.0. The van der Waals surface area contributed by atoms with Crippen LogP contribution in [-0.2, 0) is 11.3 Å². The summed E-state index contributed by atoms with van der Waals surface area (Å²) < 4.78 is 1.67. The Labute approximate surface area is 170 Å². The zero-order valence-corrected chi connectivity index (χ0v) is 19.3. The van der Waals surface area contributed by atoms with Crippen molar-refractivity contribution < 1.29 is 4.79 Å². The average Bonchev–Trinajstić information content (AvgIpc) is 2.77. The molecule has 5 nitrogen and oxygen atoms in total. The van der Waals surface area contributed by atoms with Gasteiger partial charge in [-0.1, -0.05) is 32.5 Å². The Morgan fingerprint density at radius 1 is 1.22 bits per heavy atom. The van der Waals surface area contributed by atoms with E-state index in [9.17, 15) is 9.59 Å². The Kier molecular flexibility index (Phi) is 6.47. The molecule has 27 heavy (non-hydrogen) atoms. The van der Waals surface area contributed by atoms with Gasteiger partial charge in [-0.2, -0.15) is 0 Å². The topological polar surface area (TPSA) is 64.0 Å². The summed E-state index contributed by atoms with van der Waals surface area (Å²) in [4.78, 5) is 31.9. The first-order valence-electron chi connectivity index (χ1n) is 9.29. The van der Waals surface area contributed by atoms with Gasteiger partial charge in [0.25, 0.3) is 5.56 Å². The van der Waals surface area contributed by atoms with Crippen molar-refractivity contribution in [1.29, 1.82) is 0 Å². The molecule has 0 aliphatic carbocycles. The summed E-state index contributed by atoms with van der Waals surface area (Å²) in [6.07, 6.45) is 0.883. The van der Waals surface area contributed by atoms with Gasteiger partial charge in [-0.15, -0.1) is 11.3 Å². The maximum atomic E-state index is 12.9. The van der Waals surface area contributed by atoms with Crippen LogP contribution in [0.1, 0.15) is 58.4 Å². The first-order valence-corrected chi connectivity index (χ1v) is 11.1. The molecule has 2 rings (SSSR count). The van der Waals surface area contributed by atoms with Crippen LogP contribution >= 0.6 is 23.1 Å². The van der Waals surface area contributed by atoms with Crippen LogP contribution in [0.4, 0.5) is 0 Å². The van der Waals surface area contributed by atoms with E-state index in [2.05, 4.69) is 31.1 Å². The highest BCUT2D eigenvalue weighted by molar-refractivity contribution is 7.99. The van der Waals surface area contributed by atoms with Crippen LogP contribution in [0, 0.1) is 19.3 Å². The fourth-order valence-corrected chi connectivity index (χ4v) is 5.54. The molecule has 0 saturated heterocycles. The summed E-state index contributed by atoms with van der Waals surface area (Å²) in [5.74, 6) is 0.208. The van der Waals surface area contributed by atoms with E-state index in [1.54, 1.807) is 4.57 Å². The molecular formula is C20H31N3O2S2.